The Morgan fingerprint density at radius 3 is 3.19 bits per heavy atom. The Morgan fingerprint density at radius 2 is 2.44 bits per heavy atom. The second-order valence-corrected chi connectivity index (χ2v) is 5.55. The van der Waals surface area contributed by atoms with E-state index in [2.05, 4.69) is 20.9 Å². The van der Waals surface area contributed by atoms with Gasteiger partial charge in [0, 0.05) is 12.0 Å². The van der Waals surface area contributed by atoms with Crippen LogP contribution in [-0.4, -0.2) is 10.1 Å². The van der Waals surface area contributed by atoms with Gasteiger partial charge < -0.3 is 9.52 Å². The third kappa shape index (κ3) is 1.38. The monoisotopic (exact) mass is 299 g/mol. The maximum atomic E-state index is 10.8. The molecular weight excluding hydrogens is 290 g/mol. The number of hydrogen-bond donors (Lipinski definition) is 1. The maximum absolute atomic E-state index is 10.8. The number of aliphatic hydroxyl groups is 1. The minimum absolute atomic E-state index is 0.723. The fraction of sp³-hybridized carbons (Fsp3) is 0.364. The van der Waals surface area contributed by atoms with Crippen molar-refractivity contribution in [3.63, 3.8) is 0 Å². The second-order valence-electron chi connectivity index (χ2n) is 3.94. The van der Waals surface area contributed by atoms with Crippen LogP contribution in [0.3, 0.4) is 0 Å². The Hall–Kier alpha value is -0.650. The average molecular weight is 300 g/mol. The van der Waals surface area contributed by atoms with Crippen LogP contribution < -0.4 is 0 Å². The van der Waals surface area contributed by atoms with Crippen LogP contribution in [0.15, 0.2) is 26.9 Å². The zero-order chi connectivity index (χ0) is 11.2. The average Bonchev–Trinajstić information content (AvgIpc) is 2.86. The molecule has 0 saturated heterocycles. The number of fused-ring (bicyclic) bond motifs is 1. The molecule has 2 aromatic rings. The van der Waals surface area contributed by atoms with Crippen LogP contribution in [0.5, 0.6) is 0 Å². The van der Waals surface area contributed by atoms with E-state index in [1.165, 1.54) is 11.3 Å². The van der Waals surface area contributed by atoms with Crippen molar-refractivity contribution in [1.29, 1.82) is 0 Å². The molecule has 84 valence electrons. The summed E-state index contributed by atoms with van der Waals surface area (Å²) in [7, 11) is 0. The van der Waals surface area contributed by atoms with Gasteiger partial charge in [0.1, 0.15) is 16.0 Å². The molecule has 0 bridgehead atoms. The molecule has 0 aromatic carbocycles. The molecule has 3 rings (SSSR count). The number of nitrogens with zero attached hydrogens (tertiary/aromatic N) is 1. The van der Waals surface area contributed by atoms with Gasteiger partial charge in [0.05, 0.1) is 16.7 Å². The SMILES string of the molecule is OC1(c2scnc2Br)CCCc2occc21. The highest BCUT2D eigenvalue weighted by Gasteiger charge is 2.40. The molecule has 1 unspecified atom stereocenters. The molecule has 1 atom stereocenters. The van der Waals surface area contributed by atoms with Gasteiger partial charge in [-0.05, 0) is 34.8 Å². The molecule has 1 N–H and O–H groups in total. The molecule has 2 aromatic heterocycles. The van der Waals surface area contributed by atoms with Crippen molar-refractivity contribution < 1.29 is 9.52 Å². The first-order valence-corrected chi connectivity index (χ1v) is 6.78. The predicted molar refractivity (Wildman–Crippen MR) is 64.5 cm³/mol. The highest BCUT2D eigenvalue weighted by molar-refractivity contribution is 9.10. The smallest absolute Gasteiger partial charge is 0.130 e. The van der Waals surface area contributed by atoms with Crippen molar-refractivity contribution >= 4 is 27.3 Å². The van der Waals surface area contributed by atoms with E-state index in [1.807, 2.05) is 6.07 Å². The Labute approximate surface area is 105 Å². The summed E-state index contributed by atoms with van der Waals surface area (Å²) in [5, 5.41) is 10.8. The van der Waals surface area contributed by atoms with Gasteiger partial charge in [-0.25, -0.2) is 4.98 Å². The van der Waals surface area contributed by atoms with Crippen molar-refractivity contribution in [3.8, 4) is 0 Å². The first-order chi connectivity index (χ1) is 7.72. The quantitative estimate of drug-likeness (QED) is 0.880. The summed E-state index contributed by atoms with van der Waals surface area (Å²) in [6.07, 6.45) is 4.21. The van der Waals surface area contributed by atoms with E-state index in [9.17, 15) is 5.11 Å². The van der Waals surface area contributed by atoms with Crippen LogP contribution in [-0.2, 0) is 12.0 Å². The van der Waals surface area contributed by atoms with Gasteiger partial charge in [-0.15, -0.1) is 11.3 Å². The summed E-state index contributed by atoms with van der Waals surface area (Å²) in [4.78, 5) is 5.01. The van der Waals surface area contributed by atoms with Crippen molar-refractivity contribution in [2.24, 2.45) is 0 Å². The Kier molecular flexibility index (Phi) is 2.42. The molecule has 0 amide bonds. The van der Waals surface area contributed by atoms with Gasteiger partial charge >= 0.3 is 0 Å². The van der Waals surface area contributed by atoms with Gasteiger partial charge in [-0.3, -0.25) is 0 Å². The summed E-state index contributed by atoms with van der Waals surface area (Å²) in [6, 6.07) is 1.86. The molecule has 0 saturated carbocycles. The molecular formula is C11H10BrNO2S. The normalized spacial score (nSPS) is 24.4. The molecule has 2 heterocycles. The molecule has 5 heteroatoms. The van der Waals surface area contributed by atoms with Crippen LogP contribution in [0.2, 0.25) is 0 Å². The lowest BCUT2D eigenvalue weighted by atomic mass is 9.82. The first-order valence-electron chi connectivity index (χ1n) is 5.10. The number of furan rings is 1. The van der Waals surface area contributed by atoms with Gasteiger partial charge in [0.25, 0.3) is 0 Å². The van der Waals surface area contributed by atoms with Crippen LogP contribution in [0, 0.1) is 0 Å². The molecule has 0 radical (unpaired) electrons. The minimum Gasteiger partial charge on any atom is -0.469 e. The summed E-state index contributed by atoms with van der Waals surface area (Å²) in [6.45, 7) is 0. The fourth-order valence-corrected chi connectivity index (χ4v) is 3.95. The van der Waals surface area contributed by atoms with Crippen molar-refractivity contribution in [1.82, 2.24) is 4.98 Å². The Morgan fingerprint density at radius 1 is 1.56 bits per heavy atom. The molecule has 1 aliphatic carbocycles. The van der Waals surface area contributed by atoms with E-state index in [0.717, 1.165) is 40.1 Å². The zero-order valence-electron chi connectivity index (χ0n) is 8.44. The van der Waals surface area contributed by atoms with Gasteiger partial charge in [-0.2, -0.15) is 0 Å². The number of rotatable bonds is 1. The third-order valence-electron chi connectivity index (χ3n) is 3.03. The van der Waals surface area contributed by atoms with E-state index in [-0.39, 0.29) is 0 Å². The van der Waals surface area contributed by atoms with Gasteiger partial charge in [-0.1, -0.05) is 0 Å². The minimum atomic E-state index is -0.930. The summed E-state index contributed by atoms with van der Waals surface area (Å²) in [5.74, 6) is 0.897. The van der Waals surface area contributed by atoms with E-state index < -0.39 is 5.60 Å². The zero-order valence-corrected chi connectivity index (χ0v) is 10.8. The standard InChI is InChI=1S/C11H10BrNO2S/c12-10-9(16-6-13-10)11(14)4-1-2-8-7(11)3-5-15-8/h3,5-6,14H,1-2,4H2. The number of aryl methyl sites for hydroxylation is 1. The molecule has 0 spiro atoms. The molecule has 3 nitrogen and oxygen atoms in total. The Bertz CT molecular complexity index is 522. The number of thiazole rings is 1. The predicted octanol–water partition coefficient (Wildman–Crippen LogP) is 3.07. The lowest BCUT2D eigenvalue weighted by Gasteiger charge is -2.30. The molecule has 0 fully saturated rings. The van der Waals surface area contributed by atoms with Crippen molar-refractivity contribution in [2.45, 2.75) is 24.9 Å². The summed E-state index contributed by atoms with van der Waals surface area (Å²) < 4.78 is 6.13. The van der Waals surface area contributed by atoms with E-state index in [0.29, 0.717) is 0 Å². The van der Waals surface area contributed by atoms with Crippen LogP contribution in [0.25, 0.3) is 0 Å². The number of hydrogen-bond acceptors (Lipinski definition) is 4. The summed E-state index contributed by atoms with van der Waals surface area (Å²) >= 11 is 4.86. The van der Waals surface area contributed by atoms with E-state index >= 15 is 0 Å². The van der Waals surface area contributed by atoms with Gasteiger partial charge in [0.15, 0.2) is 0 Å². The summed E-state index contributed by atoms with van der Waals surface area (Å²) in [5.41, 5.74) is 1.70. The Balaban J connectivity index is 2.18. The van der Waals surface area contributed by atoms with E-state index in [4.69, 9.17) is 4.42 Å². The molecule has 0 aliphatic heterocycles. The van der Waals surface area contributed by atoms with Crippen molar-refractivity contribution in [2.75, 3.05) is 0 Å². The van der Waals surface area contributed by atoms with Gasteiger partial charge in [0.2, 0.25) is 0 Å². The largest absolute Gasteiger partial charge is 0.469 e. The van der Waals surface area contributed by atoms with E-state index in [1.54, 1.807) is 11.8 Å². The lowest BCUT2D eigenvalue weighted by molar-refractivity contribution is 0.0617. The number of halogens is 1. The van der Waals surface area contributed by atoms with Crippen LogP contribution in [0.4, 0.5) is 0 Å². The lowest BCUT2D eigenvalue weighted by Crippen LogP contribution is -2.30. The molecule has 16 heavy (non-hydrogen) atoms. The highest BCUT2D eigenvalue weighted by Crippen LogP contribution is 2.44. The topological polar surface area (TPSA) is 46.3 Å². The van der Waals surface area contributed by atoms with Crippen LogP contribution >= 0.6 is 27.3 Å². The first kappa shape index (κ1) is 10.5. The van der Waals surface area contributed by atoms with Crippen molar-refractivity contribution in [3.05, 3.63) is 38.6 Å². The third-order valence-corrected chi connectivity index (χ3v) is 4.87. The highest BCUT2D eigenvalue weighted by atomic mass is 79.9. The maximum Gasteiger partial charge on any atom is 0.130 e. The van der Waals surface area contributed by atoms with Crippen LogP contribution in [0.1, 0.15) is 29.0 Å². The number of aromatic nitrogens is 1. The second kappa shape index (κ2) is 3.68. The fourth-order valence-electron chi connectivity index (χ4n) is 2.28. The molecule has 1 aliphatic rings.